The highest BCUT2D eigenvalue weighted by molar-refractivity contribution is 7.99. The van der Waals surface area contributed by atoms with Crippen LogP contribution in [0.25, 0.3) is 0 Å². The Morgan fingerprint density at radius 3 is 3.04 bits per heavy atom. The smallest absolute Gasteiger partial charge is 0.409 e. The molecule has 3 atom stereocenters. The third kappa shape index (κ3) is 3.74. The van der Waals surface area contributed by atoms with Crippen molar-refractivity contribution in [1.29, 1.82) is 0 Å². The van der Waals surface area contributed by atoms with E-state index in [2.05, 4.69) is 15.7 Å². The summed E-state index contributed by atoms with van der Waals surface area (Å²) in [6, 6.07) is 0.0858. The van der Waals surface area contributed by atoms with E-state index in [1.165, 1.54) is 25.3 Å². The summed E-state index contributed by atoms with van der Waals surface area (Å²) in [5.74, 6) is 2.16. The van der Waals surface area contributed by atoms with Crippen molar-refractivity contribution in [2.45, 2.75) is 56.2 Å². The van der Waals surface area contributed by atoms with Crippen molar-refractivity contribution < 1.29 is 14.3 Å². The minimum absolute atomic E-state index is 0.00368. The summed E-state index contributed by atoms with van der Waals surface area (Å²) in [5.41, 5.74) is 0. The van der Waals surface area contributed by atoms with Crippen LogP contribution in [0, 0.1) is 5.92 Å². The van der Waals surface area contributed by atoms with Gasteiger partial charge in [0.2, 0.25) is 0 Å². The lowest BCUT2D eigenvalue weighted by Crippen LogP contribution is -2.59. The van der Waals surface area contributed by atoms with Crippen LogP contribution in [-0.2, 0) is 4.74 Å². The maximum atomic E-state index is 12.0. The van der Waals surface area contributed by atoms with Crippen LogP contribution in [0.1, 0.15) is 39.0 Å². The van der Waals surface area contributed by atoms with Gasteiger partial charge >= 0.3 is 6.09 Å². The molecule has 3 unspecified atom stereocenters. The summed E-state index contributed by atoms with van der Waals surface area (Å²) < 4.78 is 19.8. The number of unbranched alkanes of at least 4 members (excludes halogenated alkanes) is 1. The van der Waals surface area contributed by atoms with Gasteiger partial charge in [0.25, 0.3) is 5.88 Å². The van der Waals surface area contributed by atoms with E-state index in [-0.39, 0.29) is 18.2 Å². The lowest BCUT2D eigenvalue weighted by molar-refractivity contribution is -0.0368. The van der Waals surface area contributed by atoms with E-state index in [9.17, 15) is 4.79 Å². The predicted octanol–water partition coefficient (Wildman–Crippen LogP) is 3.43. The number of nitrogens with zero attached hydrogens (tertiary/aromatic N) is 3. The van der Waals surface area contributed by atoms with Crippen LogP contribution in [-0.4, -0.2) is 51.3 Å². The Morgan fingerprint density at radius 2 is 2.30 bits per heavy atom. The monoisotopic (exact) mass is 357 g/mol. The summed E-state index contributed by atoms with van der Waals surface area (Å²) in [6.07, 6.45) is 5.19. The molecule has 0 aromatic carbocycles. The number of piperidine rings is 2. The normalized spacial score (nSPS) is 26.3. The minimum atomic E-state index is -0.248. The zero-order valence-corrected chi connectivity index (χ0v) is 15.2. The van der Waals surface area contributed by atoms with Gasteiger partial charge in [0.15, 0.2) is 5.03 Å². The first-order chi connectivity index (χ1) is 11.2. The lowest BCUT2D eigenvalue weighted by atomic mass is 9.78. The maximum absolute atomic E-state index is 12.0. The Morgan fingerprint density at radius 1 is 1.43 bits per heavy atom. The van der Waals surface area contributed by atoms with Crippen molar-refractivity contribution in [3.05, 3.63) is 0 Å². The largest absolute Gasteiger partial charge is 0.470 e. The Labute approximate surface area is 145 Å². The van der Waals surface area contributed by atoms with Crippen LogP contribution >= 0.6 is 23.5 Å². The zero-order valence-electron chi connectivity index (χ0n) is 13.6. The molecule has 23 heavy (non-hydrogen) atoms. The fraction of sp³-hybridized carbons (Fsp3) is 0.800. The van der Waals surface area contributed by atoms with Crippen LogP contribution in [0.4, 0.5) is 4.79 Å². The number of aromatic nitrogens is 2. The van der Waals surface area contributed by atoms with Crippen LogP contribution in [0.2, 0.25) is 0 Å². The fourth-order valence-electron chi connectivity index (χ4n) is 3.37. The average Bonchev–Trinajstić information content (AvgIpc) is 3.02. The first kappa shape index (κ1) is 16.8. The molecular weight excluding hydrogens is 334 g/mol. The van der Waals surface area contributed by atoms with E-state index in [0.29, 0.717) is 11.8 Å². The number of rotatable bonds is 6. The van der Waals surface area contributed by atoms with E-state index >= 15 is 0 Å². The SMILES string of the molecule is CCCCSc1nsnc1OC1CC2CCC1N(C(=O)OC)C2. The van der Waals surface area contributed by atoms with Crippen LogP contribution < -0.4 is 4.74 Å². The first-order valence-corrected chi connectivity index (χ1v) is 9.91. The molecule has 1 aliphatic carbocycles. The molecule has 2 saturated heterocycles. The quantitative estimate of drug-likeness (QED) is 0.574. The molecule has 128 valence electrons. The molecule has 3 fully saturated rings. The molecule has 1 amide bonds. The zero-order chi connectivity index (χ0) is 16.2. The molecule has 1 saturated carbocycles. The number of methoxy groups -OCH3 is 1. The first-order valence-electron chi connectivity index (χ1n) is 8.19. The maximum Gasteiger partial charge on any atom is 0.409 e. The molecule has 3 heterocycles. The third-order valence-corrected chi connectivity index (χ3v) is 6.22. The van der Waals surface area contributed by atoms with Gasteiger partial charge in [-0.1, -0.05) is 25.1 Å². The lowest BCUT2D eigenvalue weighted by Gasteiger charge is -2.48. The van der Waals surface area contributed by atoms with Crippen LogP contribution in [0.15, 0.2) is 5.03 Å². The van der Waals surface area contributed by atoms with E-state index in [1.54, 1.807) is 11.8 Å². The molecule has 3 aliphatic rings. The van der Waals surface area contributed by atoms with Gasteiger partial charge in [-0.3, -0.25) is 0 Å². The van der Waals surface area contributed by atoms with Crippen molar-refractivity contribution in [2.75, 3.05) is 19.4 Å². The molecular formula is C15H23N3O3S2. The second kappa shape index (κ2) is 7.70. The highest BCUT2D eigenvalue weighted by atomic mass is 32.2. The average molecular weight is 358 g/mol. The molecule has 1 aromatic heterocycles. The number of carbonyl (C=O) groups excluding carboxylic acids is 1. The summed E-state index contributed by atoms with van der Waals surface area (Å²) in [5, 5.41) is 0.884. The van der Waals surface area contributed by atoms with Gasteiger partial charge in [0.1, 0.15) is 6.10 Å². The number of hydrogen-bond donors (Lipinski definition) is 0. The molecule has 2 aliphatic heterocycles. The Hall–Kier alpha value is -1.02. The van der Waals surface area contributed by atoms with E-state index in [1.807, 2.05) is 4.90 Å². The van der Waals surface area contributed by atoms with Gasteiger partial charge in [-0.05, 0) is 37.4 Å². The van der Waals surface area contributed by atoms with Crippen molar-refractivity contribution in [2.24, 2.45) is 5.92 Å². The number of hydrogen-bond acceptors (Lipinski definition) is 7. The fourth-order valence-corrected chi connectivity index (χ4v) is 4.98. The molecule has 2 bridgehead atoms. The summed E-state index contributed by atoms with van der Waals surface area (Å²) in [6.45, 7) is 2.96. The van der Waals surface area contributed by atoms with Crippen molar-refractivity contribution in [3.63, 3.8) is 0 Å². The second-order valence-corrected chi connectivity index (χ2v) is 7.71. The van der Waals surface area contributed by atoms with E-state index < -0.39 is 0 Å². The van der Waals surface area contributed by atoms with Crippen LogP contribution in [0.5, 0.6) is 5.88 Å². The van der Waals surface area contributed by atoms with Gasteiger partial charge < -0.3 is 14.4 Å². The third-order valence-electron chi connectivity index (χ3n) is 4.56. The van der Waals surface area contributed by atoms with Gasteiger partial charge in [0.05, 0.1) is 24.9 Å². The topological polar surface area (TPSA) is 64.6 Å². The Balaban J connectivity index is 1.66. The molecule has 1 aromatic rings. The molecule has 0 spiro atoms. The Bertz CT molecular complexity index is 540. The summed E-state index contributed by atoms with van der Waals surface area (Å²) in [4.78, 5) is 13.8. The molecule has 0 radical (unpaired) electrons. The van der Waals surface area contributed by atoms with Gasteiger partial charge in [-0.15, -0.1) is 4.37 Å². The Kier molecular flexibility index (Phi) is 5.63. The minimum Gasteiger partial charge on any atom is -0.470 e. The second-order valence-electron chi connectivity index (χ2n) is 6.10. The van der Waals surface area contributed by atoms with Crippen molar-refractivity contribution in [1.82, 2.24) is 13.6 Å². The number of thioether (sulfide) groups is 1. The molecule has 4 rings (SSSR count). The molecule has 8 heteroatoms. The molecule has 0 N–H and O–H groups in total. The number of fused-ring (bicyclic) bond motifs is 3. The van der Waals surface area contributed by atoms with Gasteiger partial charge in [-0.25, -0.2) is 4.79 Å². The number of carbonyl (C=O) groups is 1. The predicted molar refractivity (Wildman–Crippen MR) is 90.2 cm³/mol. The van der Waals surface area contributed by atoms with Crippen molar-refractivity contribution in [3.8, 4) is 5.88 Å². The highest BCUT2D eigenvalue weighted by Gasteiger charge is 2.45. The van der Waals surface area contributed by atoms with Gasteiger partial charge in [-0.2, -0.15) is 4.37 Å². The summed E-state index contributed by atoms with van der Waals surface area (Å²) in [7, 11) is 1.44. The molecule has 6 nitrogen and oxygen atoms in total. The highest BCUT2D eigenvalue weighted by Crippen LogP contribution is 2.39. The van der Waals surface area contributed by atoms with E-state index in [4.69, 9.17) is 9.47 Å². The van der Waals surface area contributed by atoms with Gasteiger partial charge in [0, 0.05) is 6.54 Å². The standard InChI is InChI=1S/C15H23N3O3S2/c1-3-4-7-22-14-13(16-23-17-14)21-12-8-10-5-6-11(12)18(9-10)15(19)20-2/h10-12H,3-9H2,1-2H3. The summed E-state index contributed by atoms with van der Waals surface area (Å²) >= 11 is 2.90. The van der Waals surface area contributed by atoms with E-state index in [0.717, 1.165) is 43.0 Å². The number of amides is 1. The number of ether oxygens (including phenoxy) is 2. The van der Waals surface area contributed by atoms with Crippen molar-refractivity contribution >= 4 is 29.6 Å². The van der Waals surface area contributed by atoms with Crippen LogP contribution in [0.3, 0.4) is 0 Å².